The lowest BCUT2D eigenvalue weighted by atomic mass is 10.1. The van der Waals surface area contributed by atoms with Crippen molar-refractivity contribution in [3.8, 4) is 0 Å². The van der Waals surface area contributed by atoms with E-state index in [1.807, 2.05) is 0 Å². The molecule has 0 radical (unpaired) electrons. The van der Waals surface area contributed by atoms with Crippen LogP contribution in [-0.4, -0.2) is 27.4 Å². The monoisotopic (exact) mass is 253 g/mol. The second kappa shape index (κ2) is 4.70. The van der Waals surface area contributed by atoms with Crippen LogP contribution in [0.2, 0.25) is 0 Å². The highest BCUT2D eigenvalue weighted by atomic mass is 16.3. The van der Waals surface area contributed by atoms with Gasteiger partial charge in [-0.3, -0.25) is 9.36 Å². The van der Waals surface area contributed by atoms with Crippen molar-refractivity contribution in [1.29, 1.82) is 0 Å². The van der Waals surface area contributed by atoms with Crippen molar-refractivity contribution in [2.45, 2.75) is 19.4 Å². The summed E-state index contributed by atoms with van der Waals surface area (Å²) in [6, 6.07) is 0. The number of rotatable bonds is 5. The number of hydrogen-bond donors (Lipinski definition) is 2. The summed E-state index contributed by atoms with van der Waals surface area (Å²) in [7, 11) is 3.10. The maximum atomic E-state index is 11.8. The van der Waals surface area contributed by atoms with Gasteiger partial charge in [-0.1, -0.05) is 0 Å². The van der Waals surface area contributed by atoms with E-state index in [9.17, 15) is 14.7 Å². The Bertz CT molecular complexity index is 555. The first kappa shape index (κ1) is 13.0. The van der Waals surface area contributed by atoms with Crippen molar-refractivity contribution in [3.63, 3.8) is 0 Å². The zero-order valence-corrected chi connectivity index (χ0v) is 10.8. The molecule has 6 heteroatoms. The third kappa shape index (κ3) is 2.39. The van der Waals surface area contributed by atoms with E-state index < -0.39 is 0 Å². The molecule has 0 saturated heterocycles. The highest BCUT2D eigenvalue weighted by molar-refractivity contribution is 5.06. The minimum Gasteiger partial charge on any atom is -0.396 e. The van der Waals surface area contributed by atoms with Crippen LogP contribution in [0.1, 0.15) is 18.4 Å². The van der Waals surface area contributed by atoms with Gasteiger partial charge in [0.1, 0.15) is 0 Å². The summed E-state index contributed by atoms with van der Waals surface area (Å²) >= 11 is 0. The minimum atomic E-state index is -0.322. The van der Waals surface area contributed by atoms with Gasteiger partial charge in [0.05, 0.1) is 0 Å². The fourth-order valence-corrected chi connectivity index (χ4v) is 2.03. The molecule has 6 nitrogen and oxygen atoms in total. The van der Waals surface area contributed by atoms with Crippen molar-refractivity contribution in [1.82, 2.24) is 14.5 Å². The van der Waals surface area contributed by atoms with E-state index >= 15 is 0 Å². The molecular weight excluding hydrogens is 234 g/mol. The molecule has 1 heterocycles. The largest absolute Gasteiger partial charge is 0.396 e. The number of nitrogens with one attached hydrogen (secondary N) is 1. The summed E-state index contributed by atoms with van der Waals surface area (Å²) in [4.78, 5) is 23.3. The van der Waals surface area contributed by atoms with Crippen LogP contribution in [0.4, 0.5) is 0 Å². The lowest BCUT2D eigenvalue weighted by molar-refractivity contribution is 0.207. The number of aromatic nitrogens is 2. The quantitative estimate of drug-likeness (QED) is 0.702. The normalized spacial score (nSPS) is 16.8. The van der Waals surface area contributed by atoms with Crippen LogP contribution < -0.4 is 16.6 Å². The zero-order chi connectivity index (χ0) is 13.3. The number of nitrogens with zero attached hydrogens (tertiary/aromatic N) is 2. The molecule has 0 atom stereocenters. The third-order valence-corrected chi connectivity index (χ3v) is 3.63. The molecule has 0 bridgehead atoms. The van der Waals surface area contributed by atoms with Gasteiger partial charge < -0.3 is 15.0 Å². The first-order valence-electron chi connectivity index (χ1n) is 6.06. The maximum absolute atomic E-state index is 11.8. The van der Waals surface area contributed by atoms with Gasteiger partial charge in [-0.25, -0.2) is 4.79 Å². The summed E-state index contributed by atoms with van der Waals surface area (Å²) in [5.41, 5.74) is -0.00289. The van der Waals surface area contributed by atoms with E-state index in [0.29, 0.717) is 18.7 Å². The van der Waals surface area contributed by atoms with Crippen molar-refractivity contribution in [2.75, 3.05) is 13.2 Å². The van der Waals surface area contributed by atoms with E-state index in [4.69, 9.17) is 0 Å². The van der Waals surface area contributed by atoms with Gasteiger partial charge in [0, 0.05) is 51.0 Å². The average Bonchev–Trinajstić information content (AvgIpc) is 3.13. The minimum absolute atomic E-state index is 0.0197. The third-order valence-electron chi connectivity index (χ3n) is 3.63. The van der Waals surface area contributed by atoms with Gasteiger partial charge in [0.25, 0.3) is 5.56 Å². The van der Waals surface area contributed by atoms with Crippen molar-refractivity contribution in [2.24, 2.45) is 19.5 Å². The van der Waals surface area contributed by atoms with Gasteiger partial charge in [-0.2, -0.15) is 0 Å². The molecule has 0 aromatic carbocycles. The van der Waals surface area contributed by atoms with Crippen LogP contribution in [0.15, 0.2) is 15.8 Å². The van der Waals surface area contributed by atoms with Crippen molar-refractivity contribution < 1.29 is 5.11 Å². The molecule has 0 unspecified atom stereocenters. The Kier molecular flexibility index (Phi) is 3.41. The Morgan fingerprint density at radius 1 is 1.39 bits per heavy atom. The molecule has 2 rings (SSSR count). The van der Waals surface area contributed by atoms with Crippen molar-refractivity contribution in [3.05, 3.63) is 32.6 Å². The first-order chi connectivity index (χ1) is 8.49. The van der Waals surface area contributed by atoms with Crippen LogP contribution >= 0.6 is 0 Å². The van der Waals surface area contributed by atoms with Crippen LogP contribution in [0.5, 0.6) is 0 Å². The highest BCUT2D eigenvalue weighted by Crippen LogP contribution is 2.44. The van der Waals surface area contributed by atoms with E-state index in [-0.39, 0.29) is 23.3 Å². The summed E-state index contributed by atoms with van der Waals surface area (Å²) in [5, 5.41) is 12.4. The predicted molar refractivity (Wildman–Crippen MR) is 67.4 cm³/mol. The van der Waals surface area contributed by atoms with E-state index in [1.165, 1.54) is 11.6 Å². The van der Waals surface area contributed by atoms with Crippen molar-refractivity contribution >= 4 is 0 Å². The second-order valence-electron chi connectivity index (χ2n) is 5.17. The van der Waals surface area contributed by atoms with Crippen LogP contribution in [0, 0.1) is 5.41 Å². The summed E-state index contributed by atoms with van der Waals surface area (Å²) in [5.74, 6) is 0. The average molecular weight is 253 g/mol. The SMILES string of the molecule is Cn1cc(CNCC2(CO)CC2)c(=O)n(C)c1=O. The first-order valence-corrected chi connectivity index (χ1v) is 6.06. The standard InChI is InChI=1S/C12H19N3O3/c1-14-6-9(10(17)15(2)11(14)18)5-13-7-12(8-16)3-4-12/h6,13,16H,3-5,7-8H2,1-2H3. The van der Waals surface area contributed by atoms with E-state index in [0.717, 1.165) is 17.4 Å². The Balaban J connectivity index is 2.06. The Morgan fingerprint density at radius 2 is 2.06 bits per heavy atom. The van der Waals surface area contributed by atoms with Gasteiger partial charge in [0.2, 0.25) is 0 Å². The molecule has 1 aromatic rings. The molecule has 1 aliphatic carbocycles. The molecule has 100 valence electrons. The highest BCUT2D eigenvalue weighted by Gasteiger charge is 2.41. The number of aliphatic hydroxyl groups excluding tert-OH is 1. The van der Waals surface area contributed by atoms with E-state index in [2.05, 4.69) is 5.32 Å². The van der Waals surface area contributed by atoms with Gasteiger partial charge >= 0.3 is 5.69 Å². The zero-order valence-electron chi connectivity index (χ0n) is 10.8. The van der Waals surface area contributed by atoms with Crippen LogP contribution in [0.25, 0.3) is 0 Å². The molecule has 1 aliphatic rings. The molecule has 1 saturated carbocycles. The van der Waals surface area contributed by atoms with E-state index in [1.54, 1.807) is 13.2 Å². The summed E-state index contributed by atoms with van der Waals surface area (Å²) < 4.78 is 2.51. The lowest BCUT2D eigenvalue weighted by Gasteiger charge is -2.13. The summed E-state index contributed by atoms with van der Waals surface area (Å²) in [6.07, 6.45) is 3.62. The molecule has 1 aromatic heterocycles. The van der Waals surface area contributed by atoms with Gasteiger partial charge in [-0.15, -0.1) is 0 Å². The fourth-order valence-electron chi connectivity index (χ4n) is 2.03. The molecular formula is C12H19N3O3. The van der Waals surface area contributed by atoms with Gasteiger partial charge in [0.15, 0.2) is 0 Å². The van der Waals surface area contributed by atoms with Gasteiger partial charge in [-0.05, 0) is 12.8 Å². The number of aryl methyl sites for hydroxylation is 1. The fraction of sp³-hybridized carbons (Fsp3) is 0.667. The molecule has 18 heavy (non-hydrogen) atoms. The van der Waals surface area contributed by atoms with Crippen LogP contribution in [-0.2, 0) is 20.6 Å². The predicted octanol–water partition coefficient (Wildman–Crippen LogP) is -1.05. The molecule has 2 N–H and O–H groups in total. The second-order valence-corrected chi connectivity index (χ2v) is 5.17. The molecule has 0 spiro atoms. The molecule has 1 fully saturated rings. The summed E-state index contributed by atoms with van der Waals surface area (Å²) in [6.45, 7) is 1.31. The molecule has 0 aliphatic heterocycles. The Morgan fingerprint density at radius 3 is 2.61 bits per heavy atom. The lowest BCUT2D eigenvalue weighted by Crippen LogP contribution is -2.40. The smallest absolute Gasteiger partial charge is 0.330 e. The maximum Gasteiger partial charge on any atom is 0.330 e. The topological polar surface area (TPSA) is 76.3 Å². The Labute approximate surface area is 105 Å². The Hall–Kier alpha value is -1.40. The number of aliphatic hydroxyl groups is 1. The number of hydrogen-bond acceptors (Lipinski definition) is 4. The molecule has 0 amide bonds. The van der Waals surface area contributed by atoms with Crippen LogP contribution in [0.3, 0.4) is 0 Å².